The molecule has 0 saturated heterocycles. The fourth-order valence-electron chi connectivity index (χ4n) is 3.28. The molecular formula is C19H18N2O3S. The molecule has 128 valence electrons. The highest BCUT2D eigenvalue weighted by molar-refractivity contribution is 7.91. The first kappa shape index (κ1) is 17.2. The van der Waals surface area contributed by atoms with Gasteiger partial charge in [0.25, 0.3) is 0 Å². The number of carbonyl (C=O) groups excluding carboxylic acids is 1. The summed E-state index contributed by atoms with van der Waals surface area (Å²) in [5.74, 6) is -0.623. The van der Waals surface area contributed by atoms with Crippen molar-refractivity contribution in [2.75, 3.05) is 17.7 Å². The Morgan fingerprint density at radius 2 is 1.80 bits per heavy atom. The lowest BCUT2D eigenvalue weighted by Gasteiger charge is -2.23. The topological polar surface area (TPSA) is 78.2 Å². The van der Waals surface area contributed by atoms with Gasteiger partial charge in [-0.2, -0.15) is 5.26 Å². The number of aryl methyl sites for hydroxylation is 1. The van der Waals surface area contributed by atoms with E-state index in [-0.39, 0.29) is 16.6 Å². The summed E-state index contributed by atoms with van der Waals surface area (Å²) in [5.41, 5.74) is 1.37. The molecule has 1 aliphatic rings. The molecule has 0 fully saturated rings. The summed E-state index contributed by atoms with van der Waals surface area (Å²) in [6.45, 7) is 3.51. The molecule has 3 rings (SSSR count). The quantitative estimate of drug-likeness (QED) is 0.849. The summed E-state index contributed by atoms with van der Waals surface area (Å²) in [6.07, 6.45) is 0. The number of carbonyl (C=O) groups is 1. The average molecular weight is 354 g/mol. The second-order valence-electron chi connectivity index (χ2n) is 6.61. The summed E-state index contributed by atoms with van der Waals surface area (Å²) >= 11 is 0. The Balaban J connectivity index is 2.09. The summed E-state index contributed by atoms with van der Waals surface area (Å²) in [4.78, 5) is 14.5. The maximum Gasteiger partial charge on any atom is 0.238 e. The molecule has 6 heteroatoms. The van der Waals surface area contributed by atoms with Gasteiger partial charge in [-0.1, -0.05) is 17.7 Å². The van der Waals surface area contributed by atoms with Crippen LogP contribution in [0.25, 0.3) is 0 Å². The zero-order valence-electron chi connectivity index (χ0n) is 14.3. The number of anilines is 1. The van der Waals surface area contributed by atoms with Crippen LogP contribution in [-0.4, -0.2) is 27.1 Å². The molecule has 1 amide bonds. The molecule has 2 aromatic carbocycles. The molecule has 1 heterocycles. The van der Waals surface area contributed by atoms with Gasteiger partial charge in [0.15, 0.2) is 9.84 Å². The minimum absolute atomic E-state index is 0.194. The number of amides is 1. The fraction of sp³-hybridized carbons (Fsp3) is 0.263. The van der Waals surface area contributed by atoms with E-state index < -0.39 is 15.3 Å². The molecular weight excluding hydrogens is 336 g/mol. The SMILES string of the molecule is Cc1ccc(S(=O)(=O)CC2(C)C(=O)N(C)c3ccc(C#N)cc32)cc1. The largest absolute Gasteiger partial charge is 0.314 e. The van der Waals surface area contributed by atoms with Crippen LogP contribution in [0.2, 0.25) is 0 Å². The molecule has 5 nitrogen and oxygen atoms in total. The van der Waals surface area contributed by atoms with Crippen LogP contribution in [0, 0.1) is 18.3 Å². The number of nitrogens with zero attached hydrogens (tertiary/aromatic N) is 2. The third-order valence-electron chi connectivity index (χ3n) is 4.72. The van der Waals surface area contributed by atoms with Crippen molar-refractivity contribution in [3.05, 3.63) is 59.2 Å². The van der Waals surface area contributed by atoms with Crippen LogP contribution >= 0.6 is 0 Å². The van der Waals surface area contributed by atoms with E-state index in [1.807, 2.05) is 13.0 Å². The van der Waals surface area contributed by atoms with Crippen LogP contribution in [0.15, 0.2) is 47.4 Å². The van der Waals surface area contributed by atoms with Crippen molar-refractivity contribution in [2.24, 2.45) is 0 Å². The number of rotatable bonds is 3. The Hall–Kier alpha value is -2.65. The van der Waals surface area contributed by atoms with Gasteiger partial charge in [0.05, 0.1) is 27.7 Å². The molecule has 0 spiro atoms. The molecule has 25 heavy (non-hydrogen) atoms. The normalized spacial score (nSPS) is 19.6. The maximum absolute atomic E-state index is 12.9. The Morgan fingerprint density at radius 3 is 2.40 bits per heavy atom. The summed E-state index contributed by atoms with van der Waals surface area (Å²) in [5, 5.41) is 9.14. The summed E-state index contributed by atoms with van der Waals surface area (Å²) in [6, 6.07) is 13.6. The monoisotopic (exact) mass is 354 g/mol. The van der Waals surface area contributed by atoms with Crippen LogP contribution < -0.4 is 4.90 Å². The molecule has 1 unspecified atom stereocenters. The molecule has 0 saturated carbocycles. The van der Waals surface area contributed by atoms with Gasteiger partial charge in [0, 0.05) is 12.7 Å². The van der Waals surface area contributed by atoms with Gasteiger partial charge in [-0.15, -0.1) is 0 Å². The first-order valence-corrected chi connectivity index (χ1v) is 9.46. The number of fused-ring (bicyclic) bond motifs is 1. The highest BCUT2D eigenvalue weighted by atomic mass is 32.2. The van der Waals surface area contributed by atoms with Crippen LogP contribution in [0.3, 0.4) is 0 Å². The van der Waals surface area contributed by atoms with Gasteiger partial charge in [-0.25, -0.2) is 8.42 Å². The summed E-state index contributed by atoms with van der Waals surface area (Å²) < 4.78 is 25.8. The van der Waals surface area contributed by atoms with Crippen molar-refractivity contribution >= 4 is 21.4 Å². The number of hydrogen-bond donors (Lipinski definition) is 0. The van der Waals surface area contributed by atoms with Crippen LogP contribution in [-0.2, 0) is 20.0 Å². The van der Waals surface area contributed by atoms with Gasteiger partial charge >= 0.3 is 0 Å². The van der Waals surface area contributed by atoms with E-state index >= 15 is 0 Å². The van der Waals surface area contributed by atoms with Crippen LogP contribution in [0.4, 0.5) is 5.69 Å². The lowest BCUT2D eigenvalue weighted by molar-refractivity contribution is -0.121. The van der Waals surface area contributed by atoms with Crippen molar-refractivity contribution in [3.63, 3.8) is 0 Å². The third kappa shape index (κ3) is 2.71. The fourth-order valence-corrected chi connectivity index (χ4v) is 5.04. The minimum Gasteiger partial charge on any atom is -0.314 e. The molecule has 0 aliphatic carbocycles. The van der Waals surface area contributed by atoms with E-state index in [0.717, 1.165) is 5.56 Å². The van der Waals surface area contributed by atoms with Gasteiger partial charge < -0.3 is 4.90 Å². The predicted octanol–water partition coefficient (Wildman–Crippen LogP) is 2.57. The van der Waals surface area contributed by atoms with Crippen molar-refractivity contribution in [1.82, 2.24) is 0 Å². The average Bonchev–Trinajstić information content (AvgIpc) is 2.76. The van der Waals surface area contributed by atoms with Crippen molar-refractivity contribution < 1.29 is 13.2 Å². The van der Waals surface area contributed by atoms with Gasteiger partial charge in [-0.3, -0.25) is 4.79 Å². The Labute approximate surface area is 147 Å². The first-order chi connectivity index (χ1) is 11.7. The smallest absolute Gasteiger partial charge is 0.238 e. The molecule has 0 bridgehead atoms. The predicted molar refractivity (Wildman–Crippen MR) is 95.2 cm³/mol. The number of hydrogen-bond acceptors (Lipinski definition) is 4. The zero-order valence-corrected chi connectivity index (χ0v) is 15.1. The maximum atomic E-state index is 12.9. The van der Waals surface area contributed by atoms with Crippen molar-refractivity contribution in [3.8, 4) is 6.07 Å². The van der Waals surface area contributed by atoms with Gasteiger partial charge in [0.2, 0.25) is 5.91 Å². The number of likely N-dealkylation sites (N-methyl/N-ethyl adjacent to an activating group) is 1. The van der Waals surface area contributed by atoms with Gasteiger partial charge in [0.1, 0.15) is 0 Å². The van der Waals surface area contributed by atoms with E-state index in [0.29, 0.717) is 16.8 Å². The second-order valence-corrected chi connectivity index (χ2v) is 8.60. The zero-order chi connectivity index (χ0) is 18.4. The number of sulfone groups is 1. The van der Waals surface area contributed by atoms with E-state index in [4.69, 9.17) is 5.26 Å². The lowest BCUT2D eigenvalue weighted by atomic mass is 9.85. The Morgan fingerprint density at radius 1 is 1.16 bits per heavy atom. The van der Waals surface area contributed by atoms with E-state index in [1.165, 1.54) is 4.90 Å². The third-order valence-corrected chi connectivity index (χ3v) is 6.66. The van der Waals surface area contributed by atoms with E-state index in [9.17, 15) is 13.2 Å². The van der Waals surface area contributed by atoms with Crippen LogP contribution in [0.1, 0.15) is 23.6 Å². The highest BCUT2D eigenvalue weighted by Crippen LogP contribution is 2.43. The molecule has 2 aromatic rings. The standard InChI is InChI=1S/C19H18N2O3S/c1-13-4-7-15(8-5-13)25(23,24)12-19(2)16-10-14(11-20)6-9-17(16)21(3)18(19)22/h4-10H,12H2,1-3H3. The molecule has 0 radical (unpaired) electrons. The molecule has 1 atom stereocenters. The Kier molecular flexibility index (Phi) is 3.92. The van der Waals surface area contributed by atoms with E-state index in [1.54, 1.807) is 56.4 Å². The molecule has 0 aromatic heterocycles. The number of benzene rings is 2. The minimum atomic E-state index is -3.67. The van der Waals surface area contributed by atoms with Crippen molar-refractivity contribution in [2.45, 2.75) is 24.2 Å². The van der Waals surface area contributed by atoms with E-state index in [2.05, 4.69) is 0 Å². The molecule has 1 aliphatic heterocycles. The van der Waals surface area contributed by atoms with Crippen LogP contribution in [0.5, 0.6) is 0 Å². The number of nitriles is 1. The lowest BCUT2D eigenvalue weighted by Crippen LogP contribution is -2.41. The summed E-state index contributed by atoms with van der Waals surface area (Å²) in [7, 11) is -2.05. The first-order valence-electron chi connectivity index (χ1n) is 7.81. The molecule has 0 N–H and O–H groups in total. The highest BCUT2D eigenvalue weighted by Gasteiger charge is 2.49. The second kappa shape index (κ2) is 5.71. The van der Waals surface area contributed by atoms with Crippen molar-refractivity contribution in [1.29, 1.82) is 5.26 Å². The van der Waals surface area contributed by atoms with Gasteiger partial charge in [-0.05, 0) is 49.7 Å². The Bertz CT molecular complexity index is 1000.